The molecule has 2 aromatic rings. The molecule has 0 aliphatic heterocycles. The summed E-state index contributed by atoms with van der Waals surface area (Å²) in [6.45, 7) is 3.05. The van der Waals surface area contributed by atoms with Crippen molar-refractivity contribution in [2.45, 2.75) is 20.0 Å². The number of rotatable bonds is 3. The largest absolute Gasteiger partial charge is 0.417 e. The minimum absolute atomic E-state index is 0.192. The molecule has 21 heavy (non-hydrogen) atoms. The maximum Gasteiger partial charge on any atom is 0.417 e. The second kappa shape index (κ2) is 5.65. The van der Waals surface area contributed by atoms with E-state index in [1.807, 2.05) is 0 Å². The van der Waals surface area contributed by atoms with Gasteiger partial charge >= 0.3 is 6.18 Å². The molecule has 0 atom stereocenters. The van der Waals surface area contributed by atoms with E-state index in [0.717, 1.165) is 23.7 Å². The standard InChI is InChI=1S/C13H10ClF3N2OS/c1-6-11(7(2)20)12(21-19-6)18-8-3-4-10(14)9(5-8)13(15,16)17/h3-5,18H,1-2H3. The first-order chi connectivity index (χ1) is 9.70. The fraction of sp³-hybridized carbons (Fsp3) is 0.231. The van der Waals surface area contributed by atoms with Gasteiger partial charge in [0.05, 0.1) is 21.8 Å². The number of hydrogen-bond acceptors (Lipinski definition) is 4. The van der Waals surface area contributed by atoms with Crippen molar-refractivity contribution in [3.63, 3.8) is 0 Å². The zero-order valence-electron chi connectivity index (χ0n) is 11.0. The summed E-state index contributed by atoms with van der Waals surface area (Å²) in [5, 5.41) is 2.83. The molecule has 0 saturated carbocycles. The highest BCUT2D eigenvalue weighted by atomic mass is 35.5. The molecule has 0 fully saturated rings. The van der Waals surface area contributed by atoms with Crippen LogP contribution in [0.4, 0.5) is 23.9 Å². The average Bonchev–Trinajstić information content (AvgIpc) is 2.71. The maximum absolute atomic E-state index is 12.8. The summed E-state index contributed by atoms with van der Waals surface area (Å²) >= 11 is 6.58. The number of hydrogen-bond donors (Lipinski definition) is 1. The first kappa shape index (κ1) is 15.8. The van der Waals surface area contributed by atoms with Crippen molar-refractivity contribution in [2.24, 2.45) is 0 Å². The molecule has 1 aromatic carbocycles. The second-order valence-electron chi connectivity index (χ2n) is 4.35. The molecule has 0 bridgehead atoms. The third-order valence-electron chi connectivity index (χ3n) is 2.74. The molecule has 0 aliphatic carbocycles. The summed E-state index contributed by atoms with van der Waals surface area (Å²) in [6, 6.07) is 3.48. The van der Waals surface area contributed by atoms with Gasteiger partial charge in [0, 0.05) is 5.69 Å². The van der Waals surface area contributed by atoms with Gasteiger partial charge in [0.15, 0.2) is 5.78 Å². The number of carbonyl (C=O) groups excluding carboxylic acids is 1. The Kier molecular flexibility index (Phi) is 4.25. The molecule has 1 heterocycles. The van der Waals surface area contributed by atoms with E-state index in [2.05, 4.69) is 9.69 Å². The highest BCUT2D eigenvalue weighted by Gasteiger charge is 2.33. The van der Waals surface area contributed by atoms with Crippen molar-refractivity contribution < 1.29 is 18.0 Å². The van der Waals surface area contributed by atoms with Crippen LogP contribution in [0.15, 0.2) is 18.2 Å². The Morgan fingerprint density at radius 2 is 2.05 bits per heavy atom. The minimum Gasteiger partial charge on any atom is -0.345 e. The molecule has 0 aliphatic rings. The molecule has 1 aromatic heterocycles. The van der Waals surface area contributed by atoms with Crippen LogP contribution in [-0.2, 0) is 6.18 Å². The zero-order chi connectivity index (χ0) is 15.8. The van der Waals surface area contributed by atoms with E-state index in [1.165, 1.54) is 13.0 Å². The molecule has 0 radical (unpaired) electrons. The van der Waals surface area contributed by atoms with Crippen LogP contribution in [0.25, 0.3) is 0 Å². The van der Waals surface area contributed by atoms with Gasteiger partial charge in [-0.05, 0) is 43.6 Å². The Morgan fingerprint density at radius 1 is 1.38 bits per heavy atom. The number of nitrogens with zero attached hydrogens (tertiary/aromatic N) is 1. The van der Waals surface area contributed by atoms with Gasteiger partial charge in [-0.3, -0.25) is 4.79 Å². The van der Waals surface area contributed by atoms with Gasteiger partial charge in [-0.1, -0.05) is 11.6 Å². The normalized spacial score (nSPS) is 11.5. The van der Waals surface area contributed by atoms with Crippen molar-refractivity contribution in [3.8, 4) is 0 Å². The number of ketones is 1. The average molecular weight is 335 g/mol. The van der Waals surface area contributed by atoms with Gasteiger partial charge in [-0.25, -0.2) is 0 Å². The number of aryl methyl sites for hydroxylation is 1. The summed E-state index contributed by atoms with van der Waals surface area (Å²) < 4.78 is 42.4. The highest BCUT2D eigenvalue weighted by molar-refractivity contribution is 7.10. The topological polar surface area (TPSA) is 42.0 Å². The summed E-state index contributed by atoms with van der Waals surface area (Å²) in [6.07, 6.45) is -4.54. The SMILES string of the molecule is CC(=O)c1c(C)nsc1Nc1ccc(Cl)c(C(F)(F)F)c1. The van der Waals surface area contributed by atoms with Crippen LogP contribution in [-0.4, -0.2) is 10.2 Å². The number of Topliss-reactive ketones (excluding diaryl/α,β-unsaturated/α-hetero) is 1. The predicted octanol–water partition coefficient (Wildman–Crippen LogP) is 5.07. The maximum atomic E-state index is 12.8. The monoisotopic (exact) mass is 334 g/mol. The molecule has 0 unspecified atom stereocenters. The van der Waals surface area contributed by atoms with E-state index < -0.39 is 11.7 Å². The molecule has 112 valence electrons. The van der Waals surface area contributed by atoms with Crippen LogP contribution in [0.2, 0.25) is 5.02 Å². The van der Waals surface area contributed by atoms with Crippen LogP contribution < -0.4 is 5.32 Å². The summed E-state index contributed by atoms with van der Waals surface area (Å²) in [5.41, 5.74) is 0.182. The van der Waals surface area contributed by atoms with Crippen LogP contribution in [0, 0.1) is 6.92 Å². The van der Waals surface area contributed by atoms with E-state index in [0.29, 0.717) is 16.3 Å². The fourth-order valence-electron chi connectivity index (χ4n) is 1.82. The molecule has 2 rings (SSSR count). The minimum atomic E-state index is -4.54. The van der Waals surface area contributed by atoms with Crippen LogP contribution in [0.3, 0.4) is 0 Å². The Labute approximate surface area is 127 Å². The molecular formula is C13H10ClF3N2OS. The number of halogens is 4. The van der Waals surface area contributed by atoms with Crippen molar-refractivity contribution in [1.82, 2.24) is 4.37 Å². The second-order valence-corrected chi connectivity index (χ2v) is 5.53. The number of aromatic nitrogens is 1. The zero-order valence-corrected chi connectivity index (χ0v) is 12.6. The van der Waals surface area contributed by atoms with Gasteiger partial charge in [-0.15, -0.1) is 0 Å². The van der Waals surface area contributed by atoms with Crippen molar-refractivity contribution >= 4 is 39.6 Å². The Balaban J connectivity index is 2.40. The van der Waals surface area contributed by atoms with Crippen molar-refractivity contribution in [2.75, 3.05) is 5.32 Å². The third kappa shape index (κ3) is 3.36. The number of alkyl halides is 3. The quantitative estimate of drug-likeness (QED) is 0.797. The summed E-state index contributed by atoms with van der Waals surface area (Å²) in [5.74, 6) is -0.200. The smallest absolute Gasteiger partial charge is 0.345 e. The number of nitrogens with one attached hydrogen (secondary N) is 1. The van der Waals surface area contributed by atoms with Crippen LogP contribution in [0.1, 0.15) is 28.5 Å². The number of anilines is 2. The predicted molar refractivity (Wildman–Crippen MR) is 76.6 cm³/mol. The highest BCUT2D eigenvalue weighted by Crippen LogP contribution is 2.37. The van der Waals surface area contributed by atoms with Crippen molar-refractivity contribution in [1.29, 1.82) is 0 Å². The van der Waals surface area contributed by atoms with E-state index in [9.17, 15) is 18.0 Å². The summed E-state index contributed by atoms with van der Waals surface area (Å²) in [7, 11) is 0. The Hall–Kier alpha value is -1.60. The lowest BCUT2D eigenvalue weighted by Crippen LogP contribution is -2.06. The molecule has 0 amide bonds. The van der Waals surface area contributed by atoms with Gasteiger partial charge in [-0.2, -0.15) is 17.5 Å². The van der Waals surface area contributed by atoms with Crippen LogP contribution >= 0.6 is 23.1 Å². The molecule has 1 N–H and O–H groups in total. The fourth-order valence-corrected chi connectivity index (χ4v) is 2.91. The molecule has 0 saturated heterocycles. The number of benzene rings is 1. The lowest BCUT2D eigenvalue weighted by Gasteiger charge is -2.12. The van der Waals surface area contributed by atoms with E-state index in [4.69, 9.17) is 11.6 Å². The van der Waals surface area contributed by atoms with Gasteiger partial charge in [0.25, 0.3) is 0 Å². The molecule has 8 heteroatoms. The van der Waals surface area contributed by atoms with E-state index in [1.54, 1.807) is 6.92 Å². The van der Waals surface area contributed by atoms with E-state index >= 15 is 0 Å². The van der Waals surface area contributed by atoms with Gasteiger partial charge in [0.2, 0.25) is 0 Å². The van der Waals surface area contributed by atoms with Gasteiger partial charge < -0.3 is 5.32 Å². The summed E-state index contributed by atoms with van der Waals surface area (Å²) in [4.78, 5) is 11.5. The lowest BCUT2D eigenvalue weighted by atomic mass is 10.1. The van der Waals surface area contributed by atoms with Crippen molar-refractivity contribution in [3.05, 3.63) is 40.0 Å². The van der Waals surface area contributed by atoms with E-state index in [-0.39, 0.29) is 16.5 Å². The first-order valence-corrected chi connectivity index (χ1v) is 6.96. The number of carbonyl (C=O) groups is 1. The van der Waals surface area contributed by atoms with Gasteiger partial charge in [0.1, 0.15) is 5.00 Å². The molecule has 3 nitrogen and oxygen atoms in total. The molecule has 0 spiro atoms. The first-order valence-electron chi connectivity index (χ1n) is 5.81. The van der Waals surface area contributed by atoms with Crippen LogP contribution in [0.5, 0.6) is 0 Å². The molecular weight excluding hydrogens is 325 g/mol. The Morgan fingerprint density at radius 3 is 2.62 bits per heavy atom. The Bertz CT molecular complexity index is 697. The third-order valence-corrected chi connectivity index (χ3v) is 3.93. The lowest BCUT2D eigenvalue weighted by molar-refractivity contribution is -0.137.